The minimum Gasteiger partial charge on any atom is -0.340 e. The fourth-order valence-corrected chi connectivity index (χ4v) is 4.10. The van der Waals surface area contributed by atoms with Crippen molar-refractivity contribution in [2.45, 2.75) is 44.6 Å². The van der Waals surface area contributed by atoms with Crippen LogP contribution in [0.3, 0.4) is 0 Å². The molecule has 5 heteroatoms. The summed E-state index contributed by atoms with van der Waals surface area (Å²) in [6, 6.07) is 0.742. The highest BCUT2D eigenvalue weighted by Gasteiger charge is 2.27. The molecule has 0 atom stereocenters. The van der Waals surface area contributed by atoms with Crippen LogP contribution in [0.1, 0.15) is 38.5 Å². The van der Waals surface area contributed by atoms with Crippen LogP contribution in [0.2, 0.25) is 0 Å². The van der Waals surface area contributed by atoms with E-state index in [0.29, 0.717) is 12.3 Å². The average molecular weight is 308 g/mol. The highest BCUT2D eigenvalue weighted by atomic mass is 16.2. The van der Waals surface area contributed by atoms with Gasteiger partial charge in [0.05, 0.1) is 0 Å². The Labute approximate surface area is 135 Å². The van der Waals surface area contributed by atoms with Crippen molar-refractivity contribution in [3.63, 3.8) is 0 Å². The normalized spacial score (nSPS) is 26.3. The average Bonchev–Trinajstić information content (AvgIpc) is 2.61. The molecule has 0 bridgehead atoms. The summed E-state index contributed by atoms with van der Waals surface area (Å²) in [5, 5.41) is 3.43. The molecule has 3 aliphatic rings. The summed E-state index contributed by atoms with van der Waals surface area (Å²) in [7, 11) is 0. The van der Waals surface area contributed by atoms with Gasteiger partial charge in [0, 0.05) is 45.2 Å². The molecular formula is C17H32N4O. The summed E-state index contributed by atoms with van der Waals surface area (Å²) in [6.07, 6.45) is 7.23. The molecule has 3 rings (SSSR count). The molecule has 126 valence electrons. The maximum Gasteiger partial charge on any atom is 0.223 e. The quantitative estimate of drug-likeness (QED) is 0.832. The van der Waals surface area contributed by atoms with E-state index >= 15 is 0 Å². The third-order valence-electron chi connectivity index (χ3n) is 5.58. The monoisotopic (exact) mass is 308 g/mol. The first-order valence-electron chi connectivity index (χ1n) is 9.28. The van der Waals surface area contributed by atoms with Gasteiger partial charge in [0.2, 0.25) is 5.91 Å². The van der Waals surface area contributed by atoms with E-state index in [1.807, 2.05) is 0 Å². The topological polar surface area (TPSA) is 38.8 Å². The predicted molar refractivity (Wildman–Crippen MR) is 89.0 cm³/mol. The van der Waals surface area contributed by atoms with Gasteiger partial charge in [0.1, 0.15) is 0 Å². The summed E-state index contributed by atoms with van der Waals surface area (Å²) >= 11 is 0. The molecule has 1 N–H and O–H groups in total. The van der Waals surface area contributed by atoms with Crippen LogP contribution < -0.4 is 5.32 Å². The number of piperazine rings is 1. The highest BCUT2D eigenvalue weighted by molar-refractivity contribution is 5.76. The lowest BCUT2D eigenvalue weighted by Crippen LogP contribution is -2.54. The van der Waals surface area contributed by atoms with Crippen molar-refractivity contribution < 1.29 is 4.79 Å². The van der Waals surface area contributed by atoms with Crippen LogP contribution in [0.25, 0.3) is 0 Å². The second kappa shape index (κ2) is 8.27. The summed E-state index contributed by atoms with van der Waals surface area (Å²) in [6.45, 7) is 9.66. The molecule has 22 heavy (non-hydrogen) atoms. The third-order valence-corrected chi connectivity index (χ3v) is 5.58. The number of piperidine rings is 2. The maximum atomic E-state index is 12.4. The number of likely N-dealkylation sites (tertiary alicyclic amines) is 1. The van der Waals surface area contributed by atoms with Gasteiger partial charge in [-0.25, -0.2) is 0 Å². The molecular weight excluding hydrogens is 276 g/mol. The first-order valence-corrected chi connectivity index (χ1v) is 9.28. The standard InChI is InChI=1S/C17H32N4O/c22-17(6-11-19-9-2-1-3-10-19)21-14-12-20(13-15-21)16-4-7-18-8-5-16/h16,18H,1-15H2. The minimum atomic E-state index is 0.371. The number of nitrogens with zero attached hydrogens (tertiary/aromatic N) is 3. The van der Waals surface area contributed by atoms with E-state index in [9.17, 15) is 4.79 Å². The zero-order valence-electron chi connectivity index (χ0n) is 13.9. The van der Waals surface area contributed by atoms with Crippen molar-refractivity contribution in [1.82, 2.24) is 20.0 Å². The molecule has 0 aliphatic carbocycles. The Morgan fingerprint density at radius 3 is 2.27 bits per heavy atom. The second-order valence-electron chi connectivity index (χ2n) is 7.05. The SMILES string of the molecule is O=C(CCN1CCCCC1)N1CCN(C2CCNCC2)CC1. The fraction of sp³-hybridized carbons (Fsp3) is 0.941. The molecule has 0 aromatic rings. The fourth-order valence-electron chi connectivity index (χ4n) is 4.10. The van der Waals surface area contributed by atoms with Gasteiger partial charge in [-0.3, -0.25) is 9.69 Å². The Hall–Kier alpha value is -0.650. The van der Waals surface area contributed by atoms with Crippen LogP contribution in [0.5, 0.6) is 0 Å². The van der Waals surface area contributed by atoms with E-state index in [4.69, 9.17) is 0 Å². The molecule has 3 fully saturated rings. The summed E-state index contributed by atoms with van der Waals surface area (Å²) in [5.41, 5.74) is 0. The lowest BCUT2D eigenvalue weighted by molar-refractivity contribution is -0.133. The molecule has 1 amide bonds. The van der Waals surface area contributed by atoms with E-state index in [1.165, 1.54) is 45.2 Å². The van der Waals surface area contributed by atoms with Gasteiger partial charge in [0.25, 0.3) is 0 Å². The summed E-state index contributed by atoms with van der Waals surface area (Å²) in [5.74, 6) is 0.371. The van der Waals surface area contributed by atoms with Gasteiger partial charge in [-0.2, -0.15) is 0 Å². The zero-order valence-corrected chi connectivity index (χ0v) is 13.9. The van der Waals surface area contributed by atoms with Crippen molar-refractivity contribution in [3.8, 4) is 0 Å². The number of rotatable bonds is 4. The number of hydrogen-bond acceptors (Lipinski definition) is 4. The van der Waals surface area contributed by atoms with Crippen molar-refractivity contribution in [3.05, 3.63) is 0 Å². The van der Waals surface area contributed by atoms with E-state index in [1.54, 1.807) is 0 Å². The molecule has 3 aliphatic heterocycles. The Morgan fingerprint density at radius 1 is 0.909 bits per heavy atom. The largest absolute Gasteiger partial charge is 0.340 e. The molecule has 3 heterocycles. The smallest absolute Gasteiger partial charge is 0.223 e. The van der Waals surface area contributed by atoms with Crippen LogP contribution in [0.15, 0.2) is 0 Å². The first kappa shape index (κ1) is 16.2. The van der Waals surface area contributed by atoms with Gasteiger partial charge < -0.3 is 15.1 Å². The number of nitrogens with one attached hydrogen (secondary N) is 1. The third kappa shape index (κ3) is 4.43. The molecule has 0 radical (unpaired) electrons. The summed E-state index contributed by atoms with van der Waals surface area (Å²) in [4.78, 5) is 19.6. The van der Waals surface area contributed by atoms with Gasteiger partial charge >= 0.3 is 0 Å². The lowest BCUT2D eigenvalue weighted by Gasteiger charge is -2.41. The Balaban J connectivity index is 1.36. The highest BCUT2D eigenvalue weighted by Crippen LogP contribution is 2.15. The molecule has 0 spiro atoms. The molecule has 0 aromatic carbocycles. The van der Waals surface area contributed by atoms with E-state index < -0.39 is 0 Å². The molecule has 0 aromatic heterocycles. The minimum absolute atomic E-state index is 0.371. The molecule has 5 nitrogen and oxygen atoms in total. The number of carbonyl (C=O) groups excluding carboxylic acids is 1. The van der Waals surface area contributed by atoms with Crippen LogP contribution in [0, 0.1) is 0 Å². The predicted octanol–water partition coefficient (Wildman–Crippen LogP) is 0.759. The van der Waals surface area contributed by atoms with Gasteiger partial charge in [0.15, 0.2) is 0 Å². The van der Waals surface area contributed by atoms with Gasteiger partial charge in [-0.05, 0) is 51.9 Å². The summed E-state index contributed by atoms with van der Waals surface area (Å²) < 4.78 is 0. The van der Waals surface area contributed by atoms with Crippen LogP contribution in [-0.4, -0.2) is 85.6 Å². The lowest BCUT2D eigenvalue weighted by atomic mass is 10.0. The first-order chi connectivity index (χ1) is 10.8. The van der Waals surface area contributed by atoms with Crippen LogP contribution in [0.4, 0.5) is 0 Å². The Bertz CT molecular complexity index is 343. The van der Waals surface area contributed by atoms with Crippen molar-refractivity contribution >= 4 is 5.91 Å². The zero-order chi connectivity index (χ0) is 15.2. The Morgan fingerprint density at radius 2 is 1.59 bits per heavy atom. The van der Waals surface area contributed by atoms with E-state index in [0.717, 1.165) is 51.9 Å². The van der Waals surface area contributed by atoms with Crippen molar-refractivity contribution in [2.75, 3.05) is 58.9 Å². The van der Waals surface area contributed by atoms with Crippen molar-refractivity contribution in [1.29, 1.82) is 0 Å². The Kier molecular flexibility index (Phi) is 6.10. The maximum absolute atomic E-state index is 12.4. The second-order valence-corrected chi connectivity index (χ2v) is 7.05. The van der Waals surface area contributed by atoms with Crippen LogP contribution >= 0.6 is 0 Å². The van der Waals surface area contributed by atoms with Crippen LogP contribution in [-0.2, 0) is 4.79 Å². The van der Waals surface area contributed by atoms with Gasteiger partial charge in [-0.15, -0.1) is 0 Å². The molecule has 3 saturated heterocycles. The van der Waals surface area contributed by atoms with E-state index in [2.05, 4.69) is 20.0 Å². The van der Waals surface area contributed by atoms with Crippen molar-refractivity contribution in [2.24, 2.45) is 0 Å². The number of amides is 1. The number of carbonyl (C=O) groups is 1. The molecule has 0 saturated carbocycles. The number of hydrogen-bond donors (Lipinski definition) is 1. The molecule has 0 unspecified atom stereocenters. The van der Waals surface area contributed by atoms with E-state index in [-0.39, 0.29) is 0 Å². The van der Waals surface area contributed by atoms with Gasteiger partial charge in [-0.1, -0.05) is 6.42 Å².